The maximum Gasteiger partial charge on any atom is 0.340 e. The second kappa shape index (κ2) is 11.3. The molecule has 4 rings (SSSR count). The summed E-state index contributed by atoms with van der Waals surface area (Å²) in [6.07, 6.45) is 2.24. The summed E-state index contributed by atoms with van der Waals surface area (Å²) in [5, 5.41) is 10.6. The molecule has 1 N–H and O–H groups in total. The molecule has 2 heterocycles. The minimum atomic E-state index is -3.54. The predicted octanol–water partition coefficient (Wildman–Crippen LogP) is 3.20. The number of benzene rings is 2. The fraction of sp³-hybridized carbons (Fsp3) is 0.346. The molecule has 0 aliphatic carbocycles. The summed E-state index contributed by atoms with van der Waals surface area (Å²) >= 11 is 0. The van der Waals surface area contributed by atoms with Crippen molar-refractivity contribution in [1.29, 1.82) is 0 Å². The standard InChI is InChI=1S/C14H17NO5S.C12H15NO4S/c1-5-20-14(16)13-9(2)15(21(4,17)18)12-7-6-10(19-3)8-11(12)13;1-8-11(7-14)10-6-9(17-2)4-5-12(10)13(8)18(3,15)16/h6-8H,5H2,1-4H3;4-6,14H,7H2,1-3H3. The normalized spacial score (nSPS) is 11.8. The van der Waals surface area contributed by atoms with Gasteiger partial charge in [0.05, 0.1) is 56.5 Å². The van der Waals surface area contributed by atoms with E-state index in [-0.39, 0.29) is 18.8 Å². The fourth-order valence-corrected chi connectivity index (χ4v) is 6.80. The van der Waals surface area contributed by atoms with Crippen molar-refractivity contribution in [3.63, 3.8) is 0 Å². The lowest BCUT2D eigenvalue weighted by atomic mass is 10.1. The van der Waals surface area contributed by atoms with Crippen molar-refractivity contribution in [3.8, 4) is 11.5 Å². The maximum atomic E-state index is 12.1. The number of ether oxygens (including phenoxy) is 3. The summed E-state index contributed by atoms with van der Waals surface area (Å²) in [6.45, 7) is 4.97. The van der Waals surface area contributed by atoms with E-state index in [1.807, 2.05) is 0 Å². The van der Waals surface area contributed by atoms with Gasteiger partial charge in [-0.2, -0.15) is 0 Å². The Bertz CT molecular complexity index is 1770. The van der Waals surface area contributed by atoms with Gasteiger partial charge in [0, 0.05) is 27.7 Å². The lowest BCUT2D eigenvalue weighted by Gasteiger charge is -2.05. The number of hydrogen-bond acceptors (Lipinski definition) is 9. The van der Waals surface area contributed by atoms with E-state index in [9.17, 15) is 26.7 Å². The molecule has 0 saturated carbocycles. The molecule has 0 atom stereocenters. The van der Waals surface area contributed by atoms with Crippen molar-refractivity contribution in [3.05, 3.63) is 58.9 Å². The first-order valence-corrected chi connectivity index (χ1v) is 15.5. The van der Waals surface area contributed by atoms with E-state index in [1.54, 1.807) is 64.3 Å². The number of rotatable bonds is 7. The van der Waals surface area contributed by atoms with Gasteiger partial charge in [0.15, 0.2) is 0 Å². The molecule has 0 spiro atoms. The fourth-order valence-electron chi connectivity index (χ4n) is 4.57. The summed E-state index contributed by atoms with van der Waals surface area (Å²) in [5.74, 6) is 0.622. The molecule has 0 aliphatic rings. The Morgan fingerprint density at radius 2 is 1.28 bits per heavy atom. The van der Waals surface area contributed by atoms with Gasteiger partial charge in [-0.25, -0.2) is 29.6 Å². The zero-order valence-electron chi connectivity index (χ0n) is 22.8. The van der Waals surface area contributed by atoms with Crippen molar-refractivity contribution < 1.29 is 40.9 Å². The largest absolute Gasteiger partial charge is 0.497 e. The first kappa shape index (κ1) is 30.0. The summed E-state index contributed by atoms with van der Waals surface area (Å²) in [7, 11) is -3.90. The molecule has 2 aromatic heterocycles. The Labute approximate surface area is 227 Å². The molecule has 13 heteroatoms. The number of methoxy groups -OCH3 is 2. The number of fused-ring (bicyclic) bond motifs is 2. The smallest absolute Gasteiger partial charge is 0.340 e. The van der Waals surface area contributed by atoms with Gasteiger partial charge >= 0.3 is 5.97 Å². The highest BCUT2D eigenvalue weighted by Crippen LogP contribution is 2.32. The Morgan fingerprint density at radius 1 is 0.821 bits per heavy atom. The van der Waals surface area contributed by atoms with Crippen LogP contribution in [0.4, 0.5) is 0 Å². The topological polar surface area (TPSA) is 143 Å². The molecule has 0 fully saturated rings. The van der Waals surface area contributed by atoms with Gasteiger partial charge in [-0.15, -0.1) is 0 Å². The first-order valence-electron chi connectivity index (χ1n) is 11.8. The van der Waals surface area contributed by atoms with Crippen molar-refractivity contribution >= 4 is 47.8 Å². The van der Waals surface area contributed by atoms with Crippen LogP contribution in [0.3, 0.4) is 0 Å². The highest BCUT2D eigenvalue weighted by molar-refractivity contribution is 7.89. The molecule has 212 valence electrons. The molecule has 0 amide bonds. The van der Waals surface area contributed by atoms with Crippen LogP contribution in [0.2, 0.25) is 0 Å². The summed E-state index contributed by atoms with van der Waals surface area (Å²) in [6, 6.07) is 10.0. The minimum absolute atomic E-state index is 0.210. The van der Waals surface area contributed by atoms with E-state index >= 15 is 0 Å². The van der Waals surface area contributed by atoms with Gasteiger partial charge in [-0.05, 0) is 57.2 Å². The van der Waals surface area contributed by atoms with Gasteiger partial charge in [0.25, 0.3) is 0 Å². The quantitative estimate of drug-likeness (QED) is 0.326. The highest BCUT2D eigenvalue weighted by atomic mass is 32.2. The third-order valence-corrected chi connectivity index (χ3v) is 8.42. The number of aliphatic hydroxyl groups is 1. The van der Waals surface area contributed by atoms with E-state index in [2.05, 4.69) is 0 Å². The third kappa shape index (κ3) is 5.75. The number of esters is 1. The molecule has 0 radical (unpaired) electrons. The number of hydrogen-bond donors (Lipinski definition) is 1. The third-order valence-electron chi connectivity index (χ3n) is 6.15. The first-order chi connectivity index (χ1) is 18.2. The predicted molar refractivity (Wildman–Crippen MR) is 149 cm³/mol. The molecule has 4 aromatic rings. The molecule has 39 heavy (non-hydrogen) atoms. The van der Waals surface area contributed by atoms with Crippen molar-refractivity contribution in [2.24, 2.45) is 0 Å². The zero-order valence-corrected chi connectivity index (χ0v) is 24.4. The SMILES string of the molecule is CCOC(=O)c1c(C)n(S(C)(=O)=O)c2ccc(OC)cc12.COc1ccc2c(c1)c(CO)c(C)n2S(C)(=O)=O. The molecule has 2 aromatic carbocycles. The number of aliphatic hydroxyl groups excluding tert-OH is 1. The van der Waals surface area contributed by atoms with Gasteiger partial charge in [0.1, 0.15) is 11.5 Å². The van der Waals surface area contributed by atoms with Gasteiger partial charge in [0.2, 0.25) is 20.0 Å². The zero-order chi connectivity index (χ0) is 29.3. The van der Waals surface area contributed by atoms with Crippen LogP contribution in [0.5, 0.6) is 11.5 Å². The summed E-state index contributed by atoms with van der Waals surface area (Å²) < 4.78 is 65.3. The van der Waals surface area contributed by atoms with Crippen LogP contribution < -0.4 is 9.47 Å². The average Bonchev–Trinajstić information content (AvgIpc) is 3.32. The number of nitrogens with zero attached hydrogens (tertiary/aromatic N) is 2. The van der Waals surface area contributed by atoms with Gasteiger partial charge in [-0.3, -0.25) is 0 Å². The van der Waals surface area contributed by atoms with Crippen LogP contribution in [0.15, 0.2) is 36.4 Å². The van der Waals surface area contributed by atoms with Crippen molar-refractivity contribution in [1.82, 2.24) is 7.94 Å². The van der Waals surface area contributed by atoms with E-state index in [1.165, 1.54) is 11.1 Å². The van der Waals surface area contributed by atoms with E-state index < -0.39 is 26.0 Å². The van der Waals surface area contributed by atoms with Gasteiger partial charge in [-0.1, -0.05) is 0 Å². The number of carbonyl (C=O) groups is 1. The molecule has 11 nitrogen and oxygen atoms in total. The van der Waals surface area contributed by atoms with Crippen LogP contribution in [0, 0.1) is 13.8 Å². The van der Waals surface area contributed by atoms with Crippen molar-refractivity contribution in [2.75, 3.05) is 33.3 Å². The lowest BCUT2D eigenvalue weighted by molar-refractivity contribution is 0.0528. The minimum Gasteiger partial charge on any atom is -0.497 e. The Morgan fingerprint density at radius 3 is 1.72 bits per heavy atom. The Hall–Kier alpha value is -3.55. The average molecular weight is 581 g/mol. The maximum absolute atomic E-state index is 12.1. The van der Waals surface area contributed by atoms with Crippen molar-refractivity contribution in [2.45, 2.75) is 27.4 Å². The highest BCUT2D eigenvalue weighted by Gasteiger charge is 2.25. The molecule has 0 aliphatic heterocycles. The van der Waals surface area contributed by atoms with E-state index in [4.69, 9.17) is 14.2 Å². The number of carbonyl (C=O) groups excluding carboxylic acids is 1. The second-order valence-electron chi connectivity index (χ2n) is 8.72. The lowest BCUT2D eigenvalue weighted by Crippen LogP contribution is -2.13. The monoisotopic (exact) mass is 580 g/mol. The number of aromatic nitrogens is 2. The summed E-state index contributed by atoms with van der Waals surface area (Å²) in [4.78, 5) is 12.1. The Kier molecular flexibility index (Phi) is 8.68. The van der Waals surface area contributed by atoms with E-state index in [0.717, 1.165) is 16.5 Å². The molecular weight excluding hydrogens is 548 g/mol. The second-order valence-corrected chi connectivity index (χ2v) is 12.4. The molecule has 0 unspecified atom stereocenters. The molecule has 0 bridgehead atoms. The van der Waals surface area contributed by atoms with Crippen LogP contribution in [0.25, 0.3) is 21.8 Å². The molecular formula is C26H32N2O9S2. The van der Waals surface area contributed by atoms with Crippen LogP contribution in [-0.2, 0) is 31.4 Å². The van der Waals surface area contributed by atoms with Crippen LogP contribution in [0.1, 0.15) is 34.2 Å². The van der Waals surface area contributed by atoms with Crippen LogP contribution >= 0.6 is 0 Å². The van der Waals surface area contributed by atoms with E-state index in [0.29, 0.717) is 50.3 Å². The molecule has 0 saturated heterocycles. The van der Waals surface area contributed by atoms with Gasteiger partial charge < -0.3 is 19.3 Å². The van der Waals surface area contributed by atoms with Crippen LogP contribution in [-0.4, -0.2) is 69.2 Å². The summed E-state index contributed by atoms with van der Waals surface area (Å²) in [5.41, 5.74) is 2.70. The Balaban J connectivity index is 0.000000218.